The van der Waals surface area contributed by atoms with Crippen molar-refractivity contribution in [3.8, 4) is 0 Å². The SMILES string of the molecule is C[C@H](NC(=O)c1ccco1)c1ccc2c(c1)CCC(=O)N2. The van der Waals surface area contributed by atoms with Crippen molar-refractivity contribution in [3.63, 3.8) is 0 Å². The smallest absolute Gasteiger partial charge is 0.287 e. The van der Waals surface area contributed by atoms with E-state index in [0.29, 0.717) is 12.2 Å². The van der Waals surface area contributed by atoms with Gasteiger partial charge in [0, 0.05) is 12.1 Å². The molecule has 2 aromatic rings. The average molecular weight is 284 g/mol. The lowest BCUT2D eigenvalue weighted by Crippen LogP contribution is -2.26. The van der Waals surface area contributed by atoms with Gasteiger partial charge < -0.3 is 15.1 Å². The Hall–Kier alpha value is -2.56. The van der Waals surface area contributed by atoms with Gasteiger partial charge in [0.05, 0.1) is 12.3 Å². The van der Waals surface area contributed by atoms with E-state index in [-0.39, 0.29) is 17.9 Å². The fraction of sp³-hybridized carbons (Fsp3) is 0.250. The molecule has 2 heterocycles. The van der Waals surface area contributed by atoms with Gasteiger partial charge in [-0.1, -0.05) is 12.1 Å². The first-order valence-corrected chi connectivity index (χ1v) is 6.90. The number of furan rings is 1. The van der Waals surface area contributed by atoms with Crippen LogP contribution in [0.1, 0.15) is 41.1 Å². The average Bonchev–Trinajstić information content (AvgIpc) is 3.01. The highest BCUT2D eigenvalue weighted by Gasteiger charge is 2.18. The van der Waals surface area contributed by atoms with E-state index < -0.39 is 0 Å². The van der Waals surface area contributed by atoms with Crippen LogP contribution in [-0.4, -0.2) is 11.8 Å². The maximum Gasteiger partial charge on any atom is 0.287 e. The maximum atomic E-state index is 12.0. The van der Waals surface area contributed by atoms with E-state index in [1.165, 1.54) is 6.26 Å². The number of hydrogen-bond donors (Lipinski definition) is 2. The lowest BCUT2D eigenvalue weighted by Gasteiger charge is -2.20. The van der Waals surface area contributed by atoms with Crippen LogP contribution < -0.4 is 10.6 Å². The molecule has 1 aromatic carbocycles. The van der Waals surface area contributed by atoms with Crippen molar-refractivity contribution >= 4 is 17.5 Å². The van der Waals surface area contributed by atoms with E-state index >= 15 is 0 Å². The van der Waals surface area contributed by atoms with E-state index in [9.17, 15) is 9.59 Å². The zero-order valence-corrected chi connectivity index (χ0v) is 11.7. The van der Waals surface area contributed by atoms with Crippen LogP contribution in [-0.2, 0) is 11.2 Å². The Morgan fingerprint density at radius 1 is 1.33 bits per heavy atom. The molecule has 1 aliphatic heterocycles. The van der Waals surface area contributed by atoms with E-state index in [2.05, 4.69) is 10.6 Å². The highest BCUT2D eigenvalue weighted by atomic mass is 16.3. The molecule has 0 saturated heterocycles. The summed E-state index contributed by atoms with van der Waals surface area (Å²) in [4.78, 5) is 23.3. The Balaban J connectivity index is 1.74. The molecule has 21 heavy (non-hydrogen) atoms. The standard InChI is InChI=1S/C16H16N2O3/c1-10(17-16(20)14-3-2-8-21-14)11-4-6-13-12(9-11)5-7-15(19)18-13/h2-4,6,8-10H,5,7H2,1H3,(H,17,20)(H,18,19)/t10-/m0/s1. The molecule has 0 bridgehead atoms. The molecule has 3 rings (SSSR count). The van der Waals surface area contributed by atoms with Gasteiger partial charge in [-0.2, -0.15) is 0 Å². The van der Waals surface area contributed by atoms with Crippen LogP contribution in [0.5, 0.6) is 0 Å². The van der Waals surface area contributed by atoms with Crippen molar-refractivity contribution < 1.29 is 14.0 Å². The van der Waals surface area contributed by atoms with E-state index in [1.807, 2.05) is 25.1 Å². The van der Waals surface area contributed by atoms with Crippen LogP contribution in [0.25, 0.3) is 0 Å². The Kier molecular flexibility index (Phi) is 3.48. The second-order valence-electron chi connectivity index (χ2n) is 5.14. The first-order valence-electron chi connectivity index (χ1n) is 6.90. The van der Waals surface area contributed by atoms with Gasteiger partial charge >= 0.3 is 0 Å². The van der Waals surface area contributed by atoms with Crippen molar-refractivity contribution in [2.75, 3.05) is 5.32 Å². The minimum Gasteiger partial charge on any atom is -0.459 e. The second kappa shape index (κ2) is 5.44. The summed E-state index contributed by atoms with van der Waals surface area (Å²) < 4.78 is 5.07. The van der Waals surface area contributed by atoms with Crippen molar-refractivity contribution in [1.82, 2.24) is 5.32 Å². The molecule has 0 spiro atoms. The van der Waals surface area contributed by atoms with Gasteiger partial charge in [0.15, 0.2) is 5.76 Å². The fourth-order valence-corrected chi connectivity index (χ4v) is 2.43. The van der Waals surface area contributed by atoms with Crippen molar-refractivity contribution in [2.24, 2.45) is 0 Å². The molecule has 1 aromatic heterocycles. The molecule has 0 aliphatic carbocycles. The molecule has 108 valence electrons. The number of anilines is 1. The molecule has 5 nitrogen and oxygen atoms in total. The van der Waals surface area contributed by atoms with Gasteiger partial charge in [-0.15, -0.1) is 0 Å². The predicted octanol–water partition coefficient (Wildman–Crippen LogP) is 2.66. The fourth-order valence-electron chi connectivity index (χ4n) is 2.43. The highest BCUT2D eigenvalue weighted by molar-refractivity contribution is 5.94. The summed E-state index contributed by atoms with van der Waals surface area (Å²) >= 11 is 0. The molecule has 0 fully saturated rings. The Morgan fingerprint density at radius 3 is 2.95 bits per heavy atom. The first kappa shape index (κ1) is 13.4. The van der Waals surface area contributed by atoms with Gasteiger partial charge in [-0.3, -0.25) is 9.59 Å². The highest BCUT2D eigenvalue weighted by Crippen LogP contribution is 2.26. The van der Waals surface area contributed by atoms with Gasteiger partial charge in [-0.25, -0.2) is 0 Å². The Morgan fingerprint density at radius 2 is 2.19 bits per heavy atom. The number of carbonyl (C=O) groups is 2. The van der Waals surface area contributed by atoms with Crippen LogP contribution in [0.4, 0.5) is 5.69 Å². The molecule has 2 amide bonds. The van der Waals surface area contributed by atoms with Crippen LogP contribution in [0.15, 0.2) is 41.0 Å². The minimum absolute atomic E-state index is 0.0504. The van der Waals surface area contributed by atoms with E-state index in [1.54, 1.807) is 12.1 Å². The lowest BCUT2D eigenvalue weighted by atomic mass is 9.98. The van der Waals surface area contributed by atoms with Gasteiger partial charge in [0.25, 0.3) is 5.91 Å². The Bertz CT molecular complexity index is 677. The van der Waals surface area contributed by atoms with E-state index in [0.717, 1.165) is 23.2 Å². The van der Waals surface area contributed by atoms with Crippen LogP contribution in [0.3, 0.4) is 0 Å². The van der Waals surface area contributed by atoms with Gasteiger partial charge in [0.2, 0.25) is 5.91 Å². The number of hydrogen-bond acceptors (Lipinski definition) is 3. The quantitative estimate of drug-likeness (QED) is 0.910. The molecular formula is C16H16N2O3. The Labute approximate surface area is 122 Å². The molecule has 5 heteroatoms. The third-order valence-corrected chi connectivity index (χ3v) is 3.62. The summed E-state index contributed by atoms with van der Waals surface area (Å²) in [5.41, 5.74) is 2.97. The molecule has 0 radical (unpaired) electrons. The molecule has 1 aliphatic rings. The molecule has 1 atom stereocenters. The maximum absolute atomic E-state index is 12.0. The minimum atomic E-state index is -0.237. The summed E-state index contributed by atoms with van der Waals surface area (Å²) in [6, 6.07) is 9.01. The van der Waals surface area contributed by atoms with Crippen molar-refractivity contribution in [2.45, 2.75) is 25.8 Å². The number of rotatable bonds is 3. The number of fused-ring (bicyclic) bond motifs is 1. The monoisotopic (exact) mass is 284 g/mol. The largest absolute Gasteiger partial charge is 0.459 e. The zero-order valence-electron chi connectivity index (χ0n) is 11.7. The molecule has 0 unspecified atom stereocenters. The summed E-state index contributed by atoms with van der Waals surface area (Å²) in [6.45, 7) is 1.92. The van der Waals surface area contributed by atoms with Crippen LogP contribution in [0.2, 0.25) is 0 Å². The van der Waals surface area contributed by atoms with Crippen LogP contribution >= 0.6 is 0 Å². The summed E-state index contributed by atoms with van der Waals surface area (Å²) in [7, 11) is 0. The van der Waals surface area contributed by atoms with E-state index in [4.69, 9.17) is 4.42 Å². The molecule has 2 N–H and O–H groups in total. The number of amides is 2. The number of benzene rings is 1. The third kappa shape index (κ3) is 2.81. The summed E-state index contributed by atoms with van der Waals surface area (Å²) in [6.07, 6.45) is 2.71. The third-order valence-electron chi connectivity index (χ3n) is 3.62. The second-order valence-corrected chi connectivity index (χ2v) is 5.14. The predicted molar refractivity (Wildman–Crippen MR) is 78.0 cm³/mol. The first-order chi connectivity index (χ1) is 10.1. The van der Waals surface area contributed by atoms with Gasteiger partial charge in [0.1, 0.15) is 0 Å². The molecule has 0 saturated carbocycles. The number of aryl methyl sites for hydroxylation is 1. The zero-order chi connectivity index (χ0) is 14.8. The summed E-state index contributed by atoms with van der Waals surface area (Å²) in [5, 5.41) is 5.74. The van der Waals surface area contributed by atoms with Crippen molar-refractivity contribution in [3.05, 3.63) is 53.5 Å². The number of nitrogens with one attached hydrogen (secondary N) is 2. The van der Waals surface area contributed by atoms with Gasteiger partial charge in [-0.05, 0) is 42.7 Å². The van der Waals surface area contributed by atoms with Crippen molar-refractivity contribution in [1.29, 1.82) is 0 Å². The lowest BCUT2D eigenvalue weighted by molar-refractivity contribution is -0.116. The van der Waals surface area contributed by atoms with Crippen LogP contribution in [0, 0.1) is 0 Å². The topological polar surface area (TPSA) is 71.3 Å². The molecular weight excluding hydrogens is 268 g/mol. The number of carbonyl (C=O) groups excluding carboxylic acids is 2. The normalized spacial score (nSPS) is 15.0. The summed E-state index contributed by atoms with van der Waals surface area (Å²) in [5.74, 6) is 0.111.